The molecule has 0 nitrogen and oxygen atoms in total. The lowest BCUT2D eigenvalue weighted by Crippen LogP contribution is -2.16. The minimum absolute atomic E-state index is 0.0947. The van der Waals surface area contributed by atoms with Crippen LogP contribution in [0.1, 0.15) is 137 Å². The zero-order chi connectivity index (χ0) is 41.5. The van der Waals surface area contributed by atoms with Gasteiger partial charge in [-0.2, -0.15) is 0 Å². The minimum atomic E-state index is -0.161. The van der Waals surface area contributed by atoms with Crippen molar-refractivity contribution in [1.29, 1.82) is 0 Å². The molecule has 0 N–H and O–H groups in total. The van der Waals surface area contributed by atoms with Gasteiger partial charge in [0.05, 0.1) is 0 Å². The summed E-state index contributed by atoms with van der Waals surface area (Å²) in [5.41, 5.74) is 23.4. The van der Waals surface area contributed by atoms with Gasteiger partial charge in [-0.3, -0.25) is 0 Å². The van der Waals surface area contributed by atoms with Crippen molar-refractivity contribution in [2.45, 2.75) is 112 Å². The molecule has 0 saturated carbocycles. The maximum atomic E-state index is 2.57. The number of hydrogen-bond acceptors (Lipinski definition) is 0. The molecule has 2 atom stereocenters. The number of benzene rings is 7. The number of hydrogen-bond donors (Lipinski definition) is 0. The first-order chi connectivity index (χ1) is 28.3. The van der Waals surface area contributed by atoms with E-state index in [9.17, 15) is 0 Å². The highest BCUT2D eigenvalue weighted by atomic mass is 14.4. The first-order valence-electron chi connectivity index (χ1n) is 22.1. The average Bonchev–Trinajstić information content (AvgIpc) is 3.60. The third-order valence-electron chi connectivity index (χ3n) is 14.6. The Morgan fingerprint density at radius 1 is 0.559 bits per heavy atom. The van der Waals surface area contributed by atoms with E-state index in [1.165, 1.54) is 123 Å². The molecule has 7 aromatic rings. The minimum Gasteiger partial charge on any atom is -0.0870 e. The maximum absolute atomic E-state index is 2.57. The van der Waals surface area contributed by atoms with Gasteiger partial charge in [0, 0.05) is 10.8 Å². The van der Waals surface area contributed by atoms with E-state index in [2.05, 4.69) is 204 Å². The molecular weight excluding hydrogens is 709 g/mol. The van der Waals surface area contributed by atoms with E-state index in [1.807, 2.05) is 0 Å². The predicted octanol–water partition coefficient (Wildman–Crippen LogP) is 16.9. The SMILES string of the molecule is C/C=C\C(=C(/C)CCC)c1ccc(C(C)C(C)c2ccc3c(c2)C(C)(C)c2cc(-c4cc5c(c6ccccc46)-c4ccc(C)cc4C5(C)C)c4ccccc4c2-3)cc1C. The first kappa shape index (κ1) is 39.0. The Labute approximate surface area is 353 Å². The van der Waals surface area contributed by atoms with Crippen LogP contribution >= 0.6 is 0 Å². The summed E-state index contributed by atoms with van der Waals surface area (Å²) in [5, 5.41) is 5.35. The van der Waals surface area contributed by atoms with Crippen molar-refractivity contribution >= 4 is 27.1 Å². The Morgan fingerprint density at radius 2 is 1.05 bits per heavy atom. The van der Waals surface area contributed by atoms with E-state index in [0.29, 0.717) is 11.8 Å². The fourth-order valence-electron chi connectivity index (χ4n) is 11.0. The van der Waals surface area contributed by atoms with Gasteiger partial charge >= 0.3 is 0 Å². The van der Waals surface area contributed by atoms with Gasteiger partial charge in [0.15, 0.2) is 0 Å². The van der Waals surface area contributed by atoms with Crippen LogP contribution in [-0.4, -0.2) is 0 Å². The standard InChI is InChI=1S/C59H60/c1-12-18-36(4)42(19-13-2)43-28-25-40(31-37(43)5)38(6)39(7)41-26-29-49-53(32-41)59(10,11)55-34-51(45-21-15-17-23-47(45)57(49)55)50-33-54-56(46-22-16-14-20-44(46)50)48-27-24-35(3)30-52(48)58(54,8)9/h13-17,19-34,38-39H,12,18H2,1-11H3/b19-13-,42-36-. The van der Waals surface area contributed by atoms with Crippen molar-refractivity contribution < 1.29 is 0 Å². The second kappa shape index (κ2) is 14.4. The highest BCUT2D eigenvalue weighted by Crippen LogP contribution is 2.57. The maximum Gasteiger partial charge on any atom is 0.0159 e. The Bertz CT molecular complexity index is 2900. The molecule has 296 valence electrons. The molecule has 9 rings (SSSR count). The summed E-state index contributed by atoms with van der Waals surface area (Å²) in [6.45, 7) is 25.8. The molecule has 0 aromatic heterocycles. The van der Waals surface area contributed by atoms with Crippen molar-refractivity contribution in [2.24, 2.45) is 0 Å². The lowest BCUT2D eigenvalue weighted by Gasteiger charge is -2.26. The molecule has 59 heavy (non-hydrogen) atoms. The molecular formula is C59H60. The van der Waals surface area contributed by atoms with Crippen LogP contribution in [0.4, 0.5) is 0 Å². The van der Waals surface area contributed by atoms with Crippen LogP contribution in [0, 0.1) is 13.8 Å². The molecule has 0 bridgehead atoms. The second-order valence-electron chi connectivity index (χ2n) is 19.0. The molecule has 7 aromatic carbocycles. The Morgan fingerprint density at radius 3 is 1.58 bits per heavy atom. The fraction of sp³-hybridized carbons (Fsp3) is 0.288. The molecule has 2 aliphatic rings. The quantitative estimate of drug-likeness (QED) is 0.135. The van der Waals surface area contributed by atoms with Crippen molar-refractivity contribution in [3.8, 4) is 33.4 Å². The Kier molecular flexibility index (Phi) is 9.51. The van der Waals surface area contributed by atoms with Crippen LogP contribution in [-0.2, 0) is 10.8 Å². The van der Waals surface area contributed by atoms with Crippen molar-refractivity contribution in [3.05, 3.63) is 183 Å². The van der Waals surface area contributed by atoms with E-state index in [0.717, 1.165) is 6.42 Å². The number of allylic oxidation sites excluding steroid dienone is 4. The van der Waals surface area contributed by atoms with Gasteiger partial charge in [0.25, 0.3) is 0 Å². The van der Waals surface area contributed by atoms with Gasteiger partial charge in [-0.15, -0.1) is 0 Å². The summed E-state index contributed by atoms with van der Waals surface area (Å²) in [6.07, 6.45) is 6.77. The normalized spacial score (nSPS) is 16.2. The van der Waals surface area contributed by atoms with Crippen LogP contribution in [0.5, 0.6) is 0 Å². The fourth-order valence-corrected chi connectivity index (χ4v) is 11.0. The molecule has 0 spiro atoms. The summed E-state index contributed by atoms with van der Waals surface area (Å²) in [7, 11) is 0. The Hall–Kier alpha value is -5.46. The van der Waals surface area contributed by atoms with Crippen molar-refractivity contribution in [3.63, 3.8) is 0 Å². The van der Waals surface area contributed by atoms with Gasteiger partial charge < -0.3 is 0 Å². The van der Waals surface area contributed by atoms with E-state index >= 15 is 0 Å². The molecule has 2 aliphatic carbocycles. The zero-order valence-electron chi connectivity index (χ0n) is 37.2. The zero-order valence-corrected chi connectivity index (χ0v) is 37.2. The molecule has 0 amide bonds. The number of fused-ring (bicyclic) bond motifs is 10. The summed E-state index contributed by atoms with van der Waals surface area (Å²) in [5.74, 6) is 0.734. The summed E-state index contributed by atoms with van der Waals surface area (Å²) in [6, 6.07) is 45.1. The molecule has 0 aliphatic heterocycles. The molecule has 0 saturated heterocycles. The third kappa shape index (κ3) is 6.00. The average molecular weight is 769 g/mol. The van der Waals surface area contributed by atoms with E-state index in [1.54, 1.807) is 0 Å². The largest absolute Gasteiger partial charge is 0.0870 e. The van der Waals surface area contributed by atoms with E-state index in [-0.39, 0.29) is 10.8 Å². The van der Waals surface area contributed by atoms with Crippen molar-refractivity contribution in [1.82, 2.24) is 0 Å². The van der Waals surface area contributed by atoms with Gasteiger partial charge in [-0.25, -0.2) is 0 Å². The monoisotopic (exact) mass is 768 g/mol. The van der Waals surface area contributed by atoms with Crippen LogP contribution in [0.3, 0.4) is 0 Å². The van der Waals surface area contributed by atoms with E-state index in [4.69, 9.17) is 0 Å². The van der Waals surface area contributed by atoms with Crippen LogP contribution in [0.25, 0.3) is 60.5 Å². The summed E-state index contributed by atoms with van der Waals surface area (Å²) < 4.78 is 0. The summed E-state index contributed by atoms with van der Waals surface area (Å²) >= 11 is 0. The van der Waals surface area contributed by atoms with Gasteiger partial charge in [0.1, 0.15) is 0 Å². The van der Waals surface area contributed by atoms with Crippen LogP contribution in [0.15, 0.2) is 133 Å². The number of aryl methyl sites for hydroxylation is 2. The topological polar surface area (TPSA) is 0 Å². The van der Waals surface area contributed by atoms with Crippen molar-refractivity contribution in [2.75, 3.05) is 0 Å². The van der Waals surface area contributed by atoms with Gasteiger partial charge in [-0.05, 0) is 163 Å². The smallest absolute Gasteiger partial charge is 0.0159 e. The molecule has 2 unspecified atom stereocenters. The van der Waals surface area contributed by atoms with Gasteiger partial charge in [0.2, 0.25) is 0 Å². The summed E-state index contributed by atoms with van der Waals surface area (Å²) in [4.78, 5) is 0. The predicted molar refractivity (Wildman–Crippen MR) is 257 cm³/mol. The number of rotatable bonds is 8. The van der Waals surface area contributed by atoms with Gasteiger partial charge in [-0.1, -0.05) is 181 Å². The lowest BCUT2D eigenvalue weighted by molar-refractivity contribution is 0.616. The highest BCUT2D eigenvalue weighted by molar-refractivity contribution is 6.15. The van der Waals surface area contributed by atoms with Crippen LogP contribution in [0.2, 0.25) is 0 Å². The van der Waals surface area contributed by atoms with Crippen LogP contribution < -0.4 is 0 Å². The van der Waals surface area contributed by atoms with E-state index < -0.39 is 0 Å². The Balaban J connectivity index is 1.14. The molecule has 0 fully saturated rings. The lowest BCUT2D eigenvalue weighted by atomic mass is 9.77. The molecule has 0 radical (unpaired) electrons. The first-order valence-corrected chi connectivity index (χ1v) is 22.1. The second-order valence-corrected chi connectivity index (χ2v) is 19.0. The molecule has 0 heteroatoms. The highest BCUT2D eigenvalue weighted by Gasteiger charge is 2.40. The molecule has 0 heterocycles. The third-order valence-corrected chi connectivity index (χ3v) is 14.6.